The van der Waals surface area contributed by atoms with Crippen molar-refractivity contribution >= 4 is 12.0 Å². The van der Waals surface area contributed by atoms with Gasteiger partial charge < -0.3 is 5.32 Å². The molecule has 0 atom stereocenters. The van der Waals surface area contributed by atoms with Crippen LogP contribution in [0.2, 0.25) is 0 Å². The number of urea groups is 1. The summed E-state index contributed by atoms with van der Waals surface area (Å²) < 4.78 is 0.961. The Balaban J connectivity index is 1.67. The average molecular weight is 351 g/mol. The average Bonchev–Trinajstić information content (AvgIpc) is 2.65. The SMILES string of the molecule is O=C(NCc1ccccc1)Nc1nc(=O)n(Cc2ccccc2)c(=O)[nH]1. The van der Waals surface area contributed by atoms with Gasteiger partial charge in [0.15, 0.2) is 0 Å². The van der Waals surface area contributed by atoms with Gasteiger partial charge in [0.1, 0.15) is 0 Å². The van der Waals surface area contributed by atoms with E-state index in [9.17, 15) is 14.4 Å². The summed E-state index contributed by atoms with van der Waals surface area (Å²) in [6.07, 6.45) is 0. The lowest BCUT2D eigenvalue weighted by Gasteiger charge is -2.08. The Labute approximate surface area is 148 Å². The molecule has 1 aromatic heterocycles. The Kier molecular flexibility index (Phi) is 5.23. The molecule has 0 saturated heterocycles. The van der Waals surface area contributed by atoms with E-state index in [1.165, 1.54) is 0 Å². The second-order valence-corrected chi connectivity index (χ2v) is 5.54. The highest BCUT2D eigenvalue weighted by molar-refractivity contribution is 5.87. The number of amides is 2. The molecule has 132 valence electrons. The Morgan fingerprint density at radius 3 is 2.19 bits per heavy atom. The molecule has 8 nitrogen and oxygen atoms in total. The number of rotatable bonds is 5. The van der Waals surface area contributed by atoms with Crippen LogP contribution in [0.5, 0.6) is 0 Å². The number of H-pyrrole nitrogens is 1. The molecule has 3 aromatic rings. The van der Waals surface area contributed by atoms with Gasteiger partial charge in [-0.3, -0.25) is 10.3 Å². The molecule has 0 bridgehead atoms. The molecule has 0 aliphatic carbocycles. The quantitative estimate of drug-likeness (QED) is 0.644. The molecule has 0 radical (unpaired) electrons. The van der Waals surface area contributed by atoms with Crippen LogP contribution in [0.3, 0.4) is 0 Å². The maximum absolute atomic E-state index is 12.1. The van der Waals surface area contributed by atoms with Gasteiger partial charge in [0.25, 0.3) is 0 Å². The van der Waals surface area contributed by atoms with Gasteiger partial charge in [-0.1, -0.05) is 60.7 Å². The molecule has 1 heterocycles. The minimum atomic E-state index is -0.740. The van der Waals surface area contributed by atoms with Gasteiger partial charge in [-0.15, -0.1) is 0 Å². The first-order valence-corrected chi connectivity index (χ1v) is 7.96. The molecule has 0 saturated carbocycles. The molecule has 3 rings (SSSR count). The number of aromatic amines is 1. The molecule has 0 aliphatic heterocycles. The molecule has 0 aliphatic rings. The van der Waals surface area contributed by atoms with Crippen LogP contribution < -0.4 is 22.0 Å². The highest BCUT2D eigenvalue weighted by Crippen LogP contribution is 1.99. The van der Waals surface area contributed by atoms with Gasteiger partial charge >= 0.3 is 17.4 Å². The van der Waals surface area contributed by atoms with E-state index in [2.05, 4.69) is 20.6 Å². The molecule has 0 spiro atoms. The zero-order valence-corrected chi connectivity index (χ0v) is 13.8. The van der Waals surface area contributed by atoms with Crippen LogP contribution >= 0.6 is 0 Å². The number of nitrogens with one attached hydrogen (secondary N) is 3. The van der Waals surface area contributed by atoms with Crippen molar-refractivity contribution in [3.8, 4) is 0 Å². The van der Waals surface area contributed by atoms with E-state index in [-0.39, 0.29) is 12.5 Å². The van der Waals surface area contributed by atoms with Crippen molar-refractivity contribution in [2.24, 2.45) is 0 Å². The number of hydrogen-bond acceptors (Lipinski definition) is 4. The van der Waals surface area contributed by atoms with Crippen molar-refractivity contribution in [2.75, 3.05) is 5.32 Å². The van der Waals surface area contributed by atoms with Gasteiger partial charge in [0.2, 0.25) is 5.95 Å². The summed E-state index contributed by atoms with van der Waals surface area (Å²) in [5.74, 6) is -0.199. The van der Waals surface area contributed by atoms with Crippen LogP contribution in [-0.2, 0) is 13.1 Å². The number of anilines is 1. The summed E-state index contributed by atoms with van der Waals surface area (Å²) in [5, 5.41) is 4.97. The van der Waals surface area contributed by atoms with Crippen molar-refractivity contribution in [1.29, 1.82) is 0 Å². The van der Waals surface area contributed by atoms with Gasteiger partial charge in [0, 0.05) is 6.54 Å². The maximum atomic E-state index is 12.1. The zero-order chi connectivity index (χ0) is 18.4. The lowest BCUT2D eigenvalue weighted by atomic mass is 10.2. The number of aromatic nitrogens is 3. The van der Waals surface area contributed by atoms with Crippen LogP contribution in [0, 0.1) is 0 Å². The summed E-state index contributed by atoms with van der Waals surface area (Å²) in [5.41, 5.74) is 0.328. The minimum absolute atomic E-state index is 0.0997. The summed E-state index contributed by atoms with van der Waals surface area (Å²) in [4.78, 5) is 42.2. The Hall–Kier alpha value is -3.68. The predicted molar refractivity (Wildman–Crippen MR) is 97.0 cm³/mol. The van der Waals surface area contributed by atoms with Crippen molar-refractivity contribution in [2.45, 2.75) is 13.1 Å². The summed E-state index contributed by atoms with van der Waals surface area (Å²) in [7, 11) is 0. The highest BCUT2D eigenvalue weighted by Gasteiger charge is 2.09. The highest BCUT2D eigenvalue weighted by atomic mass is 16.2. The largest absolute Gasteiger partial charge is 0.355 e. The molecule has 2 amide bonds. The van der Waals surface area contributed by atoms with E-state index in [1.807, 2.05) is 48.5 Å². The Morgan fingerprint density at radius 2 is 1.58 bits per heavy atom. The number of hydrogen-bond donors (Lipinski definition) is 3. The van der Waals surface area contributed by atoms with E-state index < -0.39 is 17.4 Å². The molecule has 8 heteroatoms. The number of carbonyl (C=O) groups excluding carboxylic acids is 1. The molecule has 3 N–H and O–H groups in total. The van der Waals surface area contributed by atoms with E-state index >= 15 is 0 Å². The lowest BCUT2D eigenvalue weighted by Crippen LogP contribution is -2.39. The minimum Gasteiger partial charge on any atom is -0.334 e. The Morgan fingerprint density at radius 1 is 0.962 bits per heavy atom. The number of nitrogens with zero attached hydrogens (tertiary/aromatic N) is 2. The third kappa shape index (κ3) is 4.44. The van der Waals surface area contributed by atoms with E-state index in [4.69, 9.17) is 0 Å². The van der Waals surface area contributed by atoms with E-state index in [1.54, 1.807) is 12.1 Å². The van der Waals surface area contributed by atoms with Crippen LogP contribution in [-0.4, -0.2) is 20.6 Å². The first-order valence-electron chi connectivity index (χ1n) is 7.96. The lowest BCUT2D eigenvalue weighted by molar-refractivity contribution is 0.251. The molecular formula is C18H17N5O3. The molecular weight excluding hydrogens is 334 g/mol. The fourth-order valence-electron chi connectivity index (χ4n) is 2.33. The first-order chi connectivity index (χ1) is 12.6. The smallest absolute Gasteiger partial charge is 0.334 e. The van der Waals surface area contributed by atoms with Gasteiger partial charge in [-0.2, -0.15) is 4.98 Å². The summed E-state index contributed by atoms with van der Waals surface area (Å²) in [6, 6.07) is 17.8. The fraction of sp³-hybridized carbons (Fsp3) is 0.111. The summed E-state index contributed by atoms with van der Waals surface area (Å²) in [6.45, 7) is 0.407. The number of benzene rings is 2. The predicted octanol–water partition coefficient (Wildman–Crippen LogP) is 1.30. The van der Waals surface area contributed by atoms with Gasteiger partial charge in [-0.05, 0) is 11.1 Å². The maximum Gasteiger partial charge on any atom is 0.355 e. The normalized spacial score (nSPS) is 10.3. The zero-order valence-electron chi connectivity index (χ0n) is 13.8. The Bertz CT molecular complexity index is 965. The molecule has 26 heavy (non-hydrogen) atoms. The van der Waals surface area contributed by atoms with E-state index in [0.717, 1.165) is 15.7 Å². The standard InChI is InChI=1S/C18H17N5O3/c24-16(19-11-13-7-3-1-4-8-13)20-15-21-17(25)23(18(26)22-15)12-14-9-5-2-6-10-14/h1-10H,11-12H2,(H3,19,20,21,22,24,25,26). The number of carbonyl (C=O) groups is 1. The van der Waals surface area contributed by atoms with E-state index in [0.29, 0.717) is 6.54 Å². The van der Waals surface area contributed by atoms with Crippen molar-refractivity contribution in [1.82, 2.24) is 19.9 Å². The molecule has 0 unspecified atom stereocenters. The van der Waals surface area contributed by atoms with Crippen molar-refractivity contribution in [3.63, 3.8) is 0 Å². The van der Waals surface area contributed by atoms with Gasteiger partial charge in [0.05, 0.1) is 6.54 Å². The second kappa shape index (κ2) is 7.93. The van der Waals surface area contributed by atoms with Crippen LogP contribution in [0.4, 0.5) is 10.7 Å². The van der Waals surface area contributed by atoms with Crippen LogP contribution in [0.1, 0.15) is 11.1 Å². The topological polar surface area (TPSA) is 109 Å². The molecule has 2 aromatic carbocycles. The summed E-state index contributed by atoms with van der Waals surface area (Å²) >= 11 is 0. The van der Waals surface area contributed by atoms with Crippen molar-refractivity contribution in [3.05, 3.63) is 92.8 Å². The van der Waals surface area contributed by atoms with Crippen molar-refractivity contribution < 1.29 is 4.79 Å². The fourth-order valence-corrected chi connectivity index (χ4v) is 2.33. The molecule has 0 fully saturated rings. The van der Waals surface area contributed by atoms with Gasteiger partial charge in [-0.25, -0.2) is 19.0 Å². The third-order valence-electron chi connectivity index (χ3n) is 3.62. The second-order valence-electron chi connectivity index (χ2n) is 5.54. The first kappa shape index (κ1) is 17.2. The monoisotopic (exact) mass is 351 g/mol. The third-order valence-corrected chi connectivity index (χ3v) is 3.62. The van der Waals surface area contributed by atoms with Crippen LogP contribution in [0.25, 0.3) is 0 Å². The van der Waals surface area contributed by atoms with Crippen LogP contribution in [0.15, 0.2) is 70.3 Å².